The highest BCUT2D eigenvalue weighted by Gasteiger charge is 2.13. The SMILES string of the molecule is C=CCc1cc(C(=O)NC(C)c2ccc(OCC)cc2)ccc1OC. The summed E-state index contributed by atoms with van der Waals surface area (Å²) in [4.78, 5) is 12.6. The van der Waals surface area contributed by atoms with E-state index in [2.05, 4.69) is 11.9 Å². The summed E-state index contributed by atoms with van der Waals surface area (Å²) in [7, 11) is 1.62. The third kappa shape index (κ3) is 4.86. The fourth-order valence-electron chi connectivity index (χ4n) is 2.62. The molecule has 0 heterocycles. The maximum Gasteiger partial charge on any atom is 0.251 e. The smallest absolute Gasteiger partial charge is 0.251 e. The maximum absolute atomic E-state index is 12.6. The number of nitrogens with one attached hydrogen (secondary N) is 1. The van der Waals surface area contributed by atoms with Gasteiger partial charge in [-0.25, -0.2) is 0 Å². The highest BCUT2D eigenvalue weighted by atomic mass is 16.5. The van der Waals surface area contributed by atoms with Crippen LogP contribution in [0.1, 0.15) is 41.4 Å². The topological polar surface area (TPSA) is 47.6 Å². The van der Waals surface area contributed by atoms with E-state index in [0.29, 0.717) is 18.6 Å². The molecule has 1 unspecified atom stereocenters. The third-order valence-electron chi connectivity index (χ3n) is 3.95. The summed E-state index contributed by atoms with van der Waals surface area (Å²) in [5.41, 5.74) is 2.57. The van der Waals surface area contributed by atoms with Gasteiger partial charge in [0.15, 0.2) is 0 Å². The molecule has 4 nitrogen and oxygen atoms in total. The van der Waals surface area contributed by atoms with Crippen LogP contribution in [0.4, 0.5) is 0 Å². The number of benzene rings is 2. The van der Waals surface area contributed by atoms with Gasteiger partial charge < -0.3 is 14.8 Å². The van der Waals surface area contributed by atoms with Crippen LogP contribution >= 0.6 is 0 Å². The minimum absolute atomic E-state index is 0.104. The largest absolute Gasteiger partial charge is 0.496 e. The first-order valence-electron chi connectivity index (χ1n) is 8.40. The predicted octanol–water partition coefficient (Wildman–Crippen LogP) is 4.31. The first kappa shape index (κ1) is 18.6. The second-order valence-electron chi connectivity index (χ2n) is 5.72. The molecule has 0 spiro atoms. The molecule has 4 heteroatoms. The molecule has 0 aromatic heterocycles. The van der Waals surface area contributed by atoms with E-state index in [1.807, 2.05) is 50.2 Å². The van der Waals surface area contributed by atoms with Gasteiger partial charge in [0.25, 0.3) is 5.91 Å². The lowest BCUT2D eigenvalue weighted by molar-refractivity contribution is 0.0939. The van der Waals surface area contributed by atoms with Crippen molar-refractivity contribution < 1.29 is 14.3 Å². The molecule has 1 N–H and O–H groups in total. The van der Waals surface area contributed by atoms with E-state index < -0.39 is 0 Å². The summed E-state index contributed by atoms with van der Waals surface area (Å²) in [5.74, 6) is 1.47. The van der Waals surface area contributed by atoms with E-state index in [0.717, 1.165) is 22.6 Å². The van der Waals surface area contributed by atoms with Crippen LogP contribution in [0.2, 0.25) is 0 Å². The van der Waals surface area contributed by atoms with Gasteiger partial charge in [-0.3, -0.25) is 4.79 Å². The number of hydrogen-bond donors (Lipinski definition) is 1. The lowest BCUT2D eigenvalue weighted by Gasteiger charge is -2.16. The van der Waals surface area contributed by atoms with E-state index in [9.17, 15) is 4.79 Å². The molecular weight excluding hydrogens is 314 g/mol. The van der Waals surface area contributed by atoms with E-state index in [4.69, 9.17) is 9.47 Å². The zero-order chi connectivity index (χ0) is 18.2. The lowest BCUT2D eigenvalue weighted by atomic mass is 10.0. The zero-order valence-electron chi connectivity index (χ0n) is 15.0. The average molecular weight is 339 g/mol. The van der Waals surface area contributed by atoms with E-state index in [1.54, 1.807) is 19.3 Å². The summed E-state index contributed by atoms with van der Waals surface area (Å²) in [6.45, 7) is 8.29. The Hall–Kier alpha value is -2.75. The lowest BCUT2D eigenvalue weighted by Crippen LogP contribution is -2.26. The molecule has 0 radical (unpaired) electrons. The van der Waals surface area contributed by atoms with Gasteiger partial charge in [0, 0.05) is 5.56 Å². The number of hydrogen-bond acceptors (Lipinski definition) is 3. The molecule has 25 heavy (non-hydrogen) atoms. The molecular formula is C21H25NO3. The molecule has 1 atom stereocenters. The maximum atomic E-state index is 12.6. The highest BCUT2D eigenvalue weighted by Crippen LogP contribution is 2.22. The summed E-state index contributed by atoms with van der Waals surface area (Å²) in [5, 5.41) is 3.02. The minimum atomic E-state index is -0.116. The normalized spacial score (nSPS) is 11.5. The Morgan fingerprint density at radius 2 is 1.96 bits per heavy atom. The van der Waals surface area contributed by atoms with Gasteiger partial charge in [-0.1, -0.05) is 18.2 Å². The van der Waals surface area contributed by atoms with Crippen LogP contribution in [0.15, 0.2) is 55.1 Å². The molecule has 0 aliphatic heterocycles. The van der Waals surface area contributed by atoms with Crippen molar-refractivity contribution in [3.63, 3.8) is 0 Å². The molecule has 0 saturated carbocycles. The van der Waals surface area contributed by atoms with Gasteiger partial charge in [-0.05, 0) is 61.7 Å². The van der Waals surface area contributed by atoms with E-state index in [1.165, 1.54) is 0 Å². The molecule has 0 fully saturated rings. The number of carbonyl (C=O) groups excluding carboxylic acids is 1. The van der Waals surface area contributed by atoms with Gasteiger partial charge in [0.1, 0.15) is 11.5 Å². The Labute approximate surface area is 149 Å². The van der Waals surface area contributed by atoms with Crippen molar-refractivity contribution in [3.05, 3.63) is 71.8 Å². The predicted molar refractivity (Wildman–Crippen MR) is 100 cm³/mol. The van der Waals surface area contributed by atoms with Crippen molar-refractivity contribution in [3.8, 4) is 11.5 Å². The summed E-state index contributed by atoms with van der Waals surface area (Å²) in [6.07, 6.45) is 2.45. The standard InChI is InChI=1S/C21H25NO3/c1-5-7-17-14-18(10-13-20(17)24-4)21(23)22-15(3)16-8-11-19(12-9-16)25-6-2/h5,8-15H,1,6-7H2,2-4H3,(H,22,23). The Morgan fingerprint density at radius 3 is 2.56 bits per heavy atom. The van der Waals surface area contributed by atoms with Crippen molar-refractivity contribution in [2.45, 2.75) is 26.3 Å². The number of rotatable bonds is 8. The molecule has 0 bridgehead atoms. The summed E-state index contributed by atoms with van der Waals surface area (Å²) in [6, 6.07) is 13.1. The van der Waals surface area contributed by atoms with E-state index >= 15 is 0 Å². The van der Waals surface area contributed by atoms with Crippen LogP contribution < -0.4 is 14.8 Å². The van der Waals surface area contributed by atoms with Crippen molar-refractivity contribution >= 4 is 5.91 Å². The second-order valence-corrected chi connectivity index (χ2v) is 5.72. The first-order chi connectivity index (χ1) is 12.1. The molecule has 0 saturated heterocycles. The fraction of sp³-hybridized carbons (Fsp3) is 0.286. The molecule has 1 amide bonds. The average Bonchev–Trinajstić information content (AvgIpc) is 2.62. The monoisotopic (exact) mass is 339 g/mol. The summed E-state index contributed by atoms with van der Waals surface area (Å²) < 4.78 is 10.8. The fourth-order valence-corrected chi connectivity index (χ4v) is 2.62. The Morgan fingerprint density at radius 1 is 1.24 bits per heavy atom. The quantitative estimate of drug-likeness (QED) is 0.729. The zero-order valence-corrected chi connectivity index (χ0v) is 15.0. The molecule has 2 rings (SSSR count). The van der Waals surface area contributed by atoms with Gasteiger partial charge in [-0.2, -0.15) is 0 Å². The third-order valence-corrected chi connectivity index (χ3v) is 3.95. The Bertz CT molecular complexity index is 722. The summed E-state index contributed by atoms with van der Waals surface area (Å²) >= 11 is 0. The minimum Gasteiger partial charge on any atom is -0.496 e. The first-order valence-corrected chi connectivity index (χ1v) is 8.40. The molecule has 0 aliphatic carbocycles. The van der Waals surface area contributed by atoms with Crippen molar-refractivity contribution in [1.82, 2.24) is 5.32 Å². The van der Waals surface area contributed by atoms with Crippen LogP contribution in [0.3, 0.4) is 0 Å². The van der Waals surface area contributed by atoms with E-state index in [-0.39, 0.29) is 11.9 Å². The molecule has 132 valence electrons. The molecule has 2 aromatic carbocycles. The number of allylic oxidation sites excluding steroid dienone is 1. The van der Waals surface area contributed by atoms with Crippen LogP contribution in [-0.4, -0.2) is 19.6 Å². The number of methoxy groups -OCH3 is 1. The van der Waals surface area contributed by atoms with Crippen LogP contribution in [0, 0.1) is 0 Å². The number of carbonyl (C=O) groups is 1. The van der Waals surface area contributed by atoms with Gasteiger partial charge in [-0.15, -0.1) is 6.58 Å². The van der Waals surface area contributed by atoms with Crippen LogP contribution in [-0.2, 0) is 6.42 Å². The Balaban J connectivity index is 2.10. The van der Waals surface area contributed by atoms with Crippen molar-refractivity contribution in [2.75, 3.05) is 13.7 Å². The van der Waals surface area contributed by atoms with Gasteiger partial charge in [0.05, 0.1) is 19.8 Å². The Kier molecular flexibility index (Phi) is 6.63. The number of ether oxygens (including phenoxy) is 2. The number of amides is 1. The molecule has 2 aromatic rings. The van der Waals surface area contributed by atoms with Gasteiger partial charge >= 0.3 is 0 Å². The van der Waals surface area contributed by atoms with Crippen molar-refractivity contribution in [2.24, 2.45) is 0 Å². The van der Waals surface area contributed by atoms with Crippen molar-refractivity contribution in [1.29, 1.82) is 0 Å². The second kappa shape index (κ2) is 8.92. The molecule has 0 aliphatic rings. The highest BCUT2D eigenvalue weighted by molar-refractivity contribution is 5.94. The van der Waals surface area contributed by atoms with Crippen LogP contribution in [0.5, 0.6) is 11.5 Å². The van der Waals surface area contributed by atoms with Gasteiger partial charge in [0.2, 0.25) is 0 Å². The van der Waals surface area contributed by atoms with Crippen LogP contribution in [0.25, 0.3) is 0 Å².